The number of pyridine rings is 1. The van der Waals surface area contributed by atoms with Crippen molar-refractivity contribution < 1.29 is 14.3 Å². The Morgan fingerprint density at radius 2 is 1.89 bits per heavy atom. The Hall–Kier alpha value is -2.36. The van der Waals surface area contributed by atoms with E-state index in [0.29, 0.717) is 17.2 Å². The van der Waals surface area contributed by atoms with Crippen molar-refractivity contribution in [3.63, 3.8) is 0 Å². The molecule has 4 heteroatoms. The van der Waals surface area contributed by atoms with Crippen molar-refractivity contribution in [1.29, 1.82) is 0 Å². The number of carbonyl (C=O) groups excluding carboxylic acids is 1. The zero-order valence-corrected chi connectivity index (χ0v) is 10.2. The highest BCUT2D eigenvalue weighted by Crippen LogP contribution is 2.24. The van der Waals surface area contributed by atoms with Gasteiger partial charge in [-0.15, -0.1) is 0 Å². The lowest BCUT2D eigenvalue weighted by Gasteiger charge is -2.07. The van der Waals surface area contributed by atoms with Crippen molar-refractivity contribution in [2.45, 2.75) is 6.92 Å². The predicted molar refractivity (Wildman–Crippen MR) is 67.3 cm³/mol. The van der Waals surface area contributed by atoms with Gasteiger partial charge in [-0.2, -0.15) is 0 Å². The molecule has 0 aliphatic heterocycles. The molecule has 0 amide bonds. The molecule has 0 unspecified atom stereocenters. The van der Waals surface area contributed by atoms with Crippen LogP contribution in [0.15, 0.2) is 42.6 Å². The van der Waals surface area contributed by atoms with Gasteiger partial charge in [0.05, 0.1) is 13.3 Å². The lowest BCUT2D eigenvalue weighted by molar-refractivity contribution is 0.101. The standard InChI is InChI=1S/C14H13NO3/c1-10(16)14-7-6-13(9-15-14)18-12-5-3-4-11(8-12)17-2/h3-9H,1-2H3. The lowest BCUT2D eigenvalue weighted by Crippen LogP contribution is -1.96. The minimum atomic E-state index is -0.0667. The highest BCUT2D eigenvalue weighted by Gasteiger charge is 2.03. The van der Waals surface area contributed by atoms with E-state index in [-0.39, 0.29) is 5.78 Å². The van der Waals surface area contributed by atoms with Crippen molar-refractivity contribution >= 4 is 5.78 Å². The minimum absolute atomic E-state index is 0.0667. The normalized spacial score (nSPS) is 9.89. The number of hydrogen-bond acceptors (Lipinski definition) is 4. The number of ether oxygens (including phenoxy) is 2. The number of ketones is 1. The van der Waals surface area contributed by atoms with Crippen LogP contribution >= 0.6 is 0 Å². The smallest absolute Gasteiger partial charge is 0.178 e. The van der Waals surface area contributed by atoms with E-state index in [1.54, 1.807) is 25.3 Å². The highest BCUT2D eigenvalue weighted by atomic mass is 16.5. The summed E-state index contributed by atoms with van der Waals surface area (Å²) < 4.78 is 10.7. The zero-order valence-electron chi connectivity index (χ0n) is 10.2. The number of Topliss-reactive ketones (excluding diaryl/α,β-unsaturated/α-hetero) is 1. The predicted octanol–water partition coefficient (Wildman–Crippen LogP) is 3.09. The van der Waals surface area contributed by atoms with Gasteiger partial charge in [-0.1, -0.05) is 6.07 Å². The molecule has 0 fully saturated rings. The molecule has 2 aromatic rings. The molecule has 0 radical (unpaired) electrons. The maximum Gasteiger partial charge on any atom is 0.178 e. The molecule has 18 heavy (non-hydrogen) atoms. The van der Waals surface area contributed by atoms with E-state index < -0.39 is 0 Å². The SMILES string of the molecule is COc1cccc(Oc2ccc(C(C)=O)nc2)c1. The third-order valence-electron chi connectivity index (χ3n) is 2.37. The number of hydrogen-bond donors (Lipinski definition) is 0. The summed E-state index contributed by atoms with van der Waals surface area (Å²) in [5, 5.41) is 0. The summed E-state index contributed by atoms with van der Waals surface area (Å²) in [6, 6.07) is 10.6. The van der Waals surface area contributed by atoms with Crippen LogP contribution in [0.3, 0.4) is 0 Å². The average Bonchev–Trinajstić information content (AvgIpc) is 2.39. The molecular formula is C14H13NO3. The van der Waals surface area contributed by atoms with Crippen LogP contribution in [0.5, 0.6) is 17.2 Å². The van der Waals surface area contributed by atoms with Crippen LogP contribution in [0.1, 0.15) is 17.4 Å². The van der Waals surface area contributed by atoms with Crippen molar-refractivity contribution in [2.75, 3.05) is 7.11 Å². The van der Waals surface area contributed by atoms with Gasteiger partial charge in [0, 0.05) is 13.0 Å². The first-order chi connectivity index (χ1) is 8.69. The zero-order chi connectivity index (χ0) is 13.0. The van der Waals surface area contributed by atoms with Gasteiger partial charge in [0.25, 0.3) is 0 Å². The van der Waals surface area contributed by atoms with E-state index in [2.05, 4.69) is 4.98 Å². The van der Waals surface area contributed by atoms with E-state index >= 15 is 0 Å². The van der Waals surface area contributed by atoms with Crippen molar-refractivity contribution in [3.8, 4) is 17.2 Å². The second-order valence-corrected chi connectivity index (χ2v) is 3.72. The summed E-state index contributed by atoms with van der Waals surface area (Å²) in [5.41, 5.74) is 0.424. The molecule has 1 aromatic heterocycles. The van der Waals surface area contributed by atoms with Gasteiger partial charge < -0.3 is 9.47 Å². The average molecular weight is 243 g/mol. The molecular weight excluding hydrogens is 230 g/mol. The molecule has 1 heterocycles. The van der Waals surface area contributed by atoms with Gasteiger partial charge in [-0.05, 0) is 24.3 Å². The fourth-order valence-electron chi connectivity index (χ4n) is 1.45. The fourth-order valence-corrected chi connectivity index (χ4v) is 1.45. The molecule has 1 aromatic carbocycles. The van der Waals surface area contributed by atoms with Crippen LogP contribution in [-0.2, 0) is 0 Å². The van der Waals surface area contributed by atoms with Gasteiger partial charge >= 0.3 is 0 Å². The Labute approximate surface area is 105 Å². The second kappa shape index (κ2) is 5.31. The Morgan fingerprint density at radius 1 is 1.11 bits per heavy atom. The lowest BCUT2D eigenvalue weighted by atomic mass is 10.3. The largest absolute Gasteiger partial charge is 0.497 e. The van der Waals surface area contributed by atoms with Crippen molar-refractivity contribution in [3.05, 3.63) is 48.3 Å². The molecule has 0 aliphatic carbocycles. The quantitative estimate of drug-likeness (QED) is 0.774. The van der Waals surface area contributed by atoms with Crippen LogP contribution < -0.4 is 9.47 Å². The molecule has 0 saturated heterocycles. The number of methoxy groups -OCH3 is 1. The van der Waals surface area contributed by atoms with E-state index in [1.807, 2.05) is 18.2 Å². The van der Waals surface area contributed by atoms with Crippen LogP contribution in [-0.4, -0.2) is 17.9 Å². The van der Waals surface area contributed by atoms with Gasteiger partial charge in [0.2, 0.25) is 0 Å². The van der Waals surface area contributed by atoms with Crippen LogP contribution in [0.25, 0.3) is 0 Å². The number of rotatable bonds is 4. The third-order valence-corrected chi connectivity index (χ3v) is 2.37. The van der Waals surface area contributed by atoms with Gasteiger partial charge in [0.1, 0.15) is 22.9 Å². The third kappa shape index (κ3) is 2.85. The van der Waals surface area contributed by atoms with E-state index in [4.69, 9.17) is 9.47 Å². The van der Waals surface area contributed by atoms with Gasteiger partial charge in [0.15, 0.2) is 5.78 Å². The first-order valence-corrected chi connectivity index (χ1v) is 5.48. The van der Waals surface area contributed by atoms with E-state index in [9.17, 15) is 4.79 Å². The molecule has 92 valence electrons. The number of benzene rings is 1. The Morgan fingerprint density at radius 3 is 2.50 bits per heavy atom. The molecule has 0 spiro atoms. The summed E-state index contributed by atoms with van der Waals surface area (Å²) in [6.07, 6.45) is 1.52. The molecule has 0 N–H and O–H groups in total. The first-order valence-electron chi connectivity index (χ1n) is 5.48. The fraction of sp³-hybridized carbons (Fsp3) is 0.143. The monoisotopic (exact) mass is 243 g/mol. The van der Waals surface area contributed by atoms with E-state index in [1.165, 1.54) is 13.1 Å². The van der Waals surface area contributed by atoms with Crippen LogP contribution in [0.2, 0.25) is 0 Å². The second-order valence-electron chi connectivity index (χ2n) is 3.72. The molecule has 0 aliphatic rings. The van der Waals surface area contributed by atoms with E-state index in [0.717, 1.165) is 5.75 Å². The summed E-state index contributed by atoms with van der Waals surface area (Å²) in [5.74, 6) is 1.89. The Kier molecular flexibility index (Phi) is 3.57. The van der Waals surface area contributed by atoms with Gasteiger partial charge in [-0.25, -0.2) is 4.98 Å². The number of nitrogens with zero attached hydrogens (tertiary/aromatic N) is 1. The molecule has 0 bridgehead atoms. The molecule has 2 rings (SSSR count). The van der Waals surface area contributed by atoms with Crippen molar-refractivity contribution in [1.82, 2.24) is 4.98 Å². The molecule has 4 nitrogen and oxygen atoms in total. The maximum atomic E-state index is 11.1. The summed E-state index contributed by atoms with van der Waals surface area (Å²) >= 11 is 0. The summed E-state index contributed by atoms with van der Waals surface area (Å²) in [7, 11) is 1.60. The Balaban J connectivity index is 2.15. The first kappa shape index (κ1) is 12.1. The molecule has 0 atom stereocenters. The number of carbonyl (C=O) groups is 1. The number of aromatic nitrogens is 1. The van der Waals surface area contributed by atoms with Crippen LogP contribution in [0, 0.1) is 0 Å². The summed E-state index contributed by atoms with van der Waals surface area (Å²) in [4.78, 5) is 15.1. The Bertz CT molecular complexity index is 549. The topological polar surface area (TPSA) is 48.4 Å². The van der Waals surface area contributed by atoms with Crippen LogP contribution in [0.4, 0.5) is 0 Å². The minimum Gasteiger partial charge on any atom is -0.497 e. The maximum absolute atomic E-state index is 11.1. The highest BCUT2D eigenvalue weighted by molar-refractivity contribution is 5.92. The van der Waals surface area contributed by atoms with Gasteiger partial charge in [-0.3, -0.25) is 4.79 Å². The summed E-state index contributed by atoms with van der Waals surface area (Å²) in [6.45, 7) is 1.48. The van der Waals surface area contributed by atoms with Crippen molar-refractivity contribution in [2.24, 2.45) is 0 Å². The molecule has 0 saturated carbocycles.